The number of methoxy groups -OCH3 is 2. The maximum Gasteiger partial charge on any atom is 0.191 e. The summed E-state index contributed by atoms with van der Waals surface area (Å²) in [6, 6.07) is 13.4. The first-order chi connectivity index (χ1) is 13.2. The summed E-state index contributed by atoms with van der Waals surface area (Å²) in [6.45, 7) is 2.96. The molecule has 5 heteroatoms. The van der Waals surface area contributed by atoms with Crippen LogP contribution in [0.2, 0.25) is 0 Å². The van der Waals surface area contributed by atoms with Crippen LogP contribution in [-0.2, 0) is 4.74 Å². The molecule has 1 fully saturated rings. The van der Waals surface area contributed by atoms with Crippen LogP contribution < -0.4 is 9.47 Å². The van der Waals surface area contributed by atoms with Gasteiger partial charge in [-0.15, -0.1) is 0 Å². The molecule has 0 N–H and O–H groups in total. The fourth-order valence-corrected chi connectivity index (χ4v) is 3.80. The van der Waals surface area contributed by atoms with Gasteiger partial charge in [-0.1, -0.05) is 12.1 Å². The largest absolute Gasteiger partial charge is 0.497 e. The standard InChI is InChI=1S/C22H23NO4/c1-25-16-5-3-15(4-6-16)13-20-21(23-9-11-27-12-10-23)19-14-17(26-2)7-8-18(19)22(20)24/h3-8,13-14,21H,9-12H2,1-2H3. The van der Waals surface area contributed by atoms with Crippen LogP contribution in [-0.4, -0.2) is 51.2 Å². The van der Waals surface area contributed by atoms with Crippen LogP contribution in [0.15, 0.2) is 48.0 Å². The number of benzene rings is 2. The Kier molecular flexibility index (Phi) is 4.97. The third kappa shape index (κ3) is 3.36. The molecule has 2 aromatic carbocycles. The molecule has 0 aromatic heterocycles. The topological polar surface area (TPSA) is 48.0 Å². The van der Waals surface area contributed by atoms with Crippen LogP contribution in [0.1, 0.15) is 27.5 Å². The minimum atomic E-state index is -0.0754. The molecule has 2 aliphatic rings. The molecule has 0 radical (unpaired) electrons. The second-order valence-electron chi connectivity index (χ2n) is 6.71. The summed E-state index contributed by atoms with van der Waals surface area (Å²) in [6.07, 6.45) is 1.99. The van der Waals surface area contributed by atoms with E-state index in [2.05, 4.69) is 4.90 Å². The molecule has 140 valence electrons. The fraction of sp³-hybridized carbons (Fsp3) is 0.318. The van der Waals surface area contributed by atoms with Gasteiger partial charge in [0.05, 0.1) is 33.5 Å². The smallest absolute Gasteiger partial charge is 0.191 e. The molecule has 0 bridgehead atoms. The van der Waals surface area contributed by atoms with E-state index in [0.717, 1.165) is 46.9 Å². The molecule has 1 heterocycles. The van der Waals surface area contributed by atoms with E-state index in [1.165, 1.54) is 0 Å². The van der Waals surface area contributed by atoms with Crippen molar-refractivity contribution in [2.75, 3.05) is 40.5 Å². The van der Waals surface area contributed by atoms with Crippen molar-refractivity contribution in [3.8, 4) is 11.5 Å². The van der Waals surface area contributed by atoms with Crippen molar-refractivity contribution in [1.29, 1.82) is 0 Å². The second kappa shape index (κ2) is 7.55. The van der Waals surface area contributed by atoms with Gasteiger partial charge in [-0.05, 0) is 47.5 Å². The molecule has 27 heavy (non-hydrogen) atoms. The number of morpholine rings is 1. The normalized spacial score (nSPS) is 21.3. The maximum absolute atomic E-state index is 13.2. The van der Waals surface area contributed by atoms with Crippen LogP contribution >= 0.6 is 0 Å². The van der Waals surface area contributed by atoms with Crippen molar-refractivity contribution in [2.24, 2.45) is 0 Å². The summed E-state index contributed by atoms with van der Waals surface area (Å²) in [4.78, 5) is 15.5. The Morgan fingerprint density at radius 1 is 1.00 bits per heavy atom. The molecule has 1 aliphatic carbocycles. The Morgan fingerprint density at radius 2 is 1.67 bits per heavy atom. The van der Waals surface area contributed by atoms with E-state index in [9.17, 15) is 4.79 Å². The Morgan fingerprint density at radius 3 is 2.33 bits per heavy atom. The number of Topliss-reactive ketones (excluding diaryl/α,β-unsaturated/α-hetero) is 1. The average molecular weight is 365 g/mol. The van der Waals surface area contributed by atoms with E-state index in [4.69, 9.17) is 14.2 Å². The van der Waals surface area contributed by atoms with Gasteiger partial charge in [-0.2, -0.15) is 0 Å². The van der Waals surface area contributed by atoms with E-state index in [-0.39, 0.29) is 11.8 Å². The Hall–Kier alpha value is -2.63. The molecule has 0 spiro atoms. The lowest BCUT2D eigenvalue weighted by atomic mass is 10.0. The van der Waals surface area contributed by atoms with Gasteiger partial charge in [-0.3, -0.25) is 9.69 Å². The van der Waals surface area contributed by atoms with Gasteiger partial charge >= 0.3 is 0 Å². The predicted molar refractivity (Wildman–Crippen MR) is 103 cm³/mol. The molecule has 1 unspecified atom stereocenters. The summed E-state index contributed by atoms with van der Waals surface area (Å²) in [5.74, 6) is 1.65. The van der Waals surface area contributed by atoms with Crippen molar-refractivity contribution < 1.29 is 19.0 Å². The number of hydrogen-bond acceptors (Lipinski definition) is 5. The third-order valence-electron chi connectivity index (χ3n) is 5.20. The molecular weight excluding hydrogens is 342 g/mol. The van der Waals surface area contributed by atoms with Gasteiger partial charge in [0.25, 0.3) is 0 Å². The van der Waals surface area contributed by atoms with Crippen LogP contribution in [0.5, 0.6) is 11.5 Å². The third-order valence-corrected chi connectivity index (χ3v) is 5.20. The molecule has 1 atom stereocenters. The number of rotatable bonds is 4. The lowest BCUT2D eigenvalue weighted by Gasteiger charge is -2.33. The highest BCUT2D eigenvalue weighted by Crippen LogP contribution is 2.42. The first-order valence-corrected chi connectivity index (χ1v) is 9.11. The fourth-order valence-electron chi connectivity index (χ4n) is 3.80. The van der Waals surface area contributed by atoms with Gasteiger partial charge in [-0.25, -0.2) is 0 Å². The monoisotopic (exact) mass is 365 g/mol. The predicted octanol–water partition coefficient (Wildman–Crippen LogP) is 3.36. The summed E-state index contributed by atoms with van der Waals surface area (Å²) < 4.78 is 16.1. The number of carbonyl (C=O) groups excluding carboxylic acids is 1. The van der Waals surface area contributed by atoms with Crippen molar-refractivity contribution in [3.63, 3.8) is 0 Å². The zero-order chi connectivity index (χ0) is 18.8. The maximum atomic E-state index is 13.2. The highest BCUT2D eigenvalue weighted by atomic mass is 16.5. The molecule has 1 saturated heterocycles. The van der Waals surface area contributed by atoms with Gasteiger partial charge in [0.15, 0.2) is 5.78 Å². The lowest BCUT2D eigenvalue weighted by molar-refractivity contribution is 0.0242. The quantitative estimate of drug-likeness (QED) is 0.778. The van der Waals surface area contributed by atoms with E-state index in [1.54, 1.807) is 14.2 Å². The number of ketones is 1. The second-order valence-corrected chi connectivity index (χ2v) is 6.71. The number of fused-ring (bicyclic) bond motifs is 1. The van der Waals surface area contributed by atoms with Crippen LogP contribution in [0.3, 0.4) is 0 Å². The van der Waals surface area contributed by atoms with Gasteiger partial charge in [0, 0.05) is 24.2 Å². The SMILES string of the molecule is COc1ccc(C=C2C(=O)c3ccc(OC)cc3C2N2CCOCC2)cc1. The molecular formula is C22H23NO4. The molecule has 2 aromatic rings. The first kappa shape index (κ1) is 17.8. The Bertz CT molecular complexity index is 866. The van der Waals surface area contributed by atoms with E-state index < -0.39 is 0 Å². The van der Waals surface area contributed by atoms with Crippen LogP contribution in [0.25, 0.3) is 6.08 Å². The molecule has 5 nitrogen and oxygen atoms in total. The van der Waals surface area contributed by atoms with Crippen molar-refractivity contribution in [1.82, 2.24) is 4.90 Å². The van der Waals surface area contributed by atoms with Crippen LogP contribution in [0.4, 0.5) is 0 Å². The summed E-state index contributed by atoms with van der Waals surface area (Å²) in [7, 11) is 3.29. The number of ether oxygens (including phenoxy) is 3. The van der Waals surface area contributed by atoms with Crippen molar-refractivity contribution >= 4 is 11.9 Å². The van der Waals surface area contributed by atoms with Gasteiger partial charge in [0.2, 0.25) is 0 Å². The van der Waals surface area contributed by atoms with E-state index in [0.29, 0.717) is 13.2 Å². The Labute approximate surface area is 159 Å². The zero-order valence-corrected chi connectivity index (χ0v) is 15.6. The van der Waals surface area contributed by atoms with Gasteiger partial charge < -0.3 is 14.2 Å². The summed E-state index contributed by atoms with van der Waals surface area (Å²) >= 11 is 0. The first-order valence-electron chi connectivity index (χ1n) is 9.11. The highest BCUT2D eigenvalue weighted by Gasteiger charge is 2.39. The average Bonchev–Trinajstić information content (AvgIpc) is 3.00. The molecule has 0 amide bonds. The summed E-state index contributed by atoms with van der Waals surface area (Å²) in [5.41, 5.74) is 3.55. The molecule has 0 saturated carbocycles. The van der Waals surface area contributed by atoms with Crippen molar-refractivity contribution in [2.45, 2.75) is 6.04 Å². The van der Waals surface area contributed by atoms with E-state index >= 15 is 0 Å². The number of nitrogens with zero attached hydrogens (tertiary/aromatic N) is 1. The summed E-state index contributed by atoms with van der Waals surface area (Å²) in [5, 5.41) is 0. The number of hydrogen-bond donors (Lipinski definition) is 0. The molecule has 4 rings (SSSR count). The highest BCUT2D eigenvalue weighted by molar-refractivity contribution is 6.16. The Balaban J connectivity index is 1.78. The molecule has 1 aliphatic heterocycles. The minimum absolute atomic E-state index is 0.0754. The van der Waals surface area contributed by atoms with Crippen LogP contribution in [0, 0.1) is 0 Å². The van der Waals surface area contributed by atoms with Crippen molar-refractivity contribution in [3.05, 3.63) is 64.7 Å². The van der Waals surface area contributed by atoms with E-state index in [1.807, 2.05) is 48.5 Å². The zero-order valence-electron chi connectivity index (χ0n) is 15.6. The minimum Gasteiger partial charge on any atom is -0.497 e. The lowest BCUT2D eigenvalue weighted by Crippen LogP contribution is -2.39. The number of carbonyl (C=O) groups is 1. The van der Waals surface area contributed by atoms with Gasteiger partial charge in [0.1, 0.15) is 11.5 Å².